The summed E-state index contributed by atoms with van der Waals surface area (Å²) in [5.41, 5.74) is 5.63. The Bertz CT molecular complexity index is 1080. The fourth-order valence-corrected chi connectivity index (χ4v) is 5.21. The third-order valence-corrected chi connectivity index (χ3v) is 6.72. The summed E-state index contributed by atoms with van der Waals surface area (Å²) < 4.78 is 2.29. The molecule has 5 rings (SSSR count). The first-order chi connectivity index (χ1) is 14.5. The van der Waals surface area contributed by atoms with Gasteiger partial charge in [0.05, 0.1) is 29.3 Å². The number of aryl methyl sites for hydroxylation is 2. The molecule has 0 saturated heterocycles. The first-order valence-corrected chi connectivity index (χ1v) is 11.1. The van der Waals surface area contributed by atoms with Gasteiger partial charge in [-0.15, -0.1) is 10.2 Å². The van der Waals surface area contributed by atoms with Gasteiger partial charge in [0.25, 0.3) is 0 Å². The molecule has 0 amide bonds. The minimum atomic E-state index is 0.410. The Balaban J connectivity index is 1.44. The average Bonchev–Trinajstić information content (AvgIpc) is 3.07. The zero-order chi connectivity index (χ0) is 20.8. The fourth-order valence-electron chi connectivity index (χ4n) is 5.01. The summed E-state index contributed by atoms with van der Waals surface area (Å²) in [7, 11) is 2.12. The number of hydrogen-bond acceptors (Lipinski definition) is 5. The second-order valence-electron chi connectivity index (χ2n) is 8.79. The normalized spacial score (nSPS) is 21.7. The Morgan fingerprint density at radius 1 is 1.00 bits per heavy atom. The van der Waals surface area contributed by atoms with Crippen LogP contribution in [0.4, 0.5) is 0 Å². The Hall–Kier alpha value is -2.31. The molecule has 0 radical (unpaired) electrons. The van der Waals surface area contributed by atoms with Crippen LogP contribution in [0.1, 0.15) is 71.8 Å². The van der Waals surface area contributed by atoms with Gasteiger partial charge in [0.1, 0.15) is 5.82 Å². The van der Waals surface area contributed by atoms with Gasteiger partial charge in [-0.3, -0.25) is 19.4 Å². The number of rotatable bonds is 2. The highest BCUT2D eigenvalue weighted by molar-refractivity contribution is 6.30. The lowest BCUT2D eigenvalue weighted by Crippen LogP contribution is -2.18. The van der Waals surface area contributed by atoms with Gasteiger partial charge in [-0.2, -0.15) is 0 Å². The Morgan fingerprint density at radius 3 is 2.57 bits per heavy atom. The Labute approximate surface area is 182 Å². The molecule has 30 heavy (non-hydrogen) atoms. The molecule has 1 aliphatic carbocycles. The van der Waals surface area contributed by atoms with E-state index >= 15 is 0 Å². The van der Waals surface area contributed by atoms with Gasteiger partial charge >= 0.3 is 0 Å². The van der Waals surface area contributed by atoms with Crippen LogP contribution in [0, 0.1) is 13.8 Å². The quantitative estimate of drug-likeness (QED) is 0.598. The van der Waals surface area contributed by atoms with E-state index in [1.54, 1.807) is 0 Å². The lowest BCUT2D eigenvalue weighted by atomic mass is 9.79. The number of halogens is 1. The van der Waals surface area contributed by atoms with E-state index in [4.69, 9.17) is 16.6 Å². The average molecular weight is 423 g/mol. The maximum absolute atomic E-state index is 6.30. The van der Waals surface area contributed by atoms with E-state index in [0.29, 0.717) is 11.8 Å². The number of benzene rings is 1. The highest BCUT2D eigenvalue weighted by atomic mass is 35.5. The highest BCUT2D eigenvalue weighted by Crippen LogP contribution is 2.41. The van der Waals surface area contributed by atoms with Crippen molar-refractivity contribution in [2.24, 2.45) is 0 Å². The van der Waals surface area contributed by atoms with E-state index in [0.717, 1.165) is 66.8 Å². The van der Waals surface area contributed by atoms with Crippen molar-refractivity contribution < 1.29 is 0 Å². The van der Waals surface area contributed by atoms with Gasteiger partial charge in [-0.1, -0.05) is 11.6 Å². The van der Waals surface area contributed by atoms with E-state index in [-0.39, 0.29) is 0 Å². The number of hydrogen-bond donors (Lipinski definition) is 0. The van der Waals surface area contributed by atoms with Gasteiger partial charge < -0.3 is 0 Å². The maximum atomic E-state index is 6.30. The smallest absolute Gasteiger partial charge is 0.151 e. The summed E-state index contributed by atoms with van der Waals surface area (Å²) in [6, 6.07) is 6.15. The summed E-state index contributed by atoms with van der Waals surface area (Å²) in [6.07, 6.45) is 6.27. The van der Waals surface area contributed by atoms with Crippen LogP contribution in [0.5, 0.6) is 0 Å². The molecule has 0 atom stereocenters. The van der Waals surface area contributed by atoms with Gasteiger partial charge in [0.15, 0.2) is 5.82 Å². The summed E-state index contributed by atoms with van der Waals surface area (Å²) in [6.45, 7) is 5.74. The zero-order valence-corrected chi connectivity index (χ0v) is 18.5. The van der Waals surface area contributed by atoms with Crippen LogP contribution >= 0.6 is 11.6 Å². The van der Waals surface area contributed by atoms with E-state index < -0.39 is 0 Å². The fraction of sp³-hybridized carbons (Fsp3) is 0.478. The summed E-state index contributed by atoms with van der Waals surface area (Å²) in [4.78, 5) is 11.6. The summed E-state index contributed by atoms with van der Waals surface area (Å²) in [5, 5.41) is 10.0. The Kier molecular flexibility index (Phi) is 5.07. The molecule has 7 heteroatoms. The molecule has 1 fully saturated rings. The van der Waals surface area contributed by atoms with Gasteiger partial charge in [-0.25, -0.2) is 0 Å². The van der Waals surface area contributed by atoms with E-state index in [9.17, 15) is 0 Å². The first-order valence-electron chi connectivity index (χ1n) is 10.7. The number of aromatic nitrogens is 5. The molecule has 6 nitrogen and oxygen atoms in total. The van der Waals surface area contributed by atoms with Crippen molar-refractivity contribution >= 4 is 11.6 Å². The van der Waals surface area contributed by atoms with Crippen LogP contribution in [0.15, 0.2) is 24.4 Å². The molecule has 2 aromatic heterocycles. The third-order valence-electron chi connectivity index (χ3n) is 6.48. The second-order valence-corrected chi connectivity index (χ2v) is 9.22. The topological polar surface area (TPSA) is 59.7 Å². The highest BCUT2D eigenvalue weighted by Gasteiger charge is 2.31. The lowest BCUT2D eigenvalue weighted by Gasteiger charge is -2.28. The molecule has 0 unspecified atom stereocenters. The van der Waals surface area contributed by atoms with Crippen molar-refractivity contribution in [3.05, 3.63) is 63.7 Å². The largest absolute Gasteiger partial charge is 0.295 e. The standard InChI is InChI=1S/C23H27ClN6/c1-14-11-25-15(2)22(26-14)16-4-6-17(7-5-16)23-28-27-21-13-29(3)12-18-10-19(24)8-9-20(18)30(21)23/h8-11,16-17H,4-7,12-13H2,1-3H3. The number of nitrogens with zero attached hydrogens (tertiary/aromatic N) is 6. The molecule has 3 heterocycles. The SMILES string of the molecule is Cc1cnc(C)c(C2CCC(c3nnc4n3-c3ccc(Cl)cc3CN(C)C4)CC2)n1. The Morgan fingerprint density at radius 2 is 1.77 bits per heavy atom. The molecular weight excluding hydrogens is 396 g/mol. The summed E-state index contributed by atoms with van der Waals surface area (Å²) in [5.74, 6) is 3.00. The number of fused-ring (bicyclic) bond motifs is 3. The molecule has 1 aromatic carbocycles. The van der Waals surface area contributed by atoms with Crippen LogP contribution < -0.4 is 0 Å². The maximum Gasteiger partial charge on any atom is 0.151 e. The lowest BCUT2D eigenvalue weighted by molar-refractivity contribution is 0.315. The minimum Gasteiger partial charge on any atom is -0.295 e. The third kappa shape index (κ3) is 3.52. The molecule has 156 valence electrons. The molecule has 2 aliphatic rings. The first kappa shape index (κ1) is 19.6. The van der Waals surface area contributed by atoms with Gasteiger partial charge in [-0.05, 0) is 70.3 Å². The molecule has 0 spiro atoms. The predicted molar refractivity (Wildman–Crippen MR) is 117 cm³/mol. The minimum absolute atomic E-state index is 0.410. The van der Waals surface area contributed by atoms with Crippen molar-refractivity contribution in [3.63, 3.8) is 0 Å². The molecule has 1 aliphatic heterocycles. The van der Waals surface area contributed by atoms with Crippen LogP contribution in [0.25, 0.3) is 5.69 Å². The van der Waals surface area contributed by atoms with Crippen molar-refractivity contribution in [1.82, 2.24) is 29.6 Å². The molecule has 0 bridgehead atoms. The predicted octanol–water partition coefficient (Wildman–Crippen LogP) is 4.71. The van der Waals surface area contributed by atoms with Gasteiger partial charge in [0.2, 0.25) is 0 Å². The van der Waals surface area contributed by atoms with Gasteiger partial charge in [0, 0.05) is 29.6 Å². The van der Waals surface area contributed by atoms with E-state index in [1.807, 2.05) is 19.2 Å². The van der Waals surface area contributed by atoms with Crippen LogP contribution in [-0.4, -0.2) is 36.7 Å². The van der Waals surface area contributed by atoms with E-state index in [2.05, 4.69) is 50.8 Å². The van der Waals surface area contributed by atoms with Crippen LogP contribution in [-0.2, 0) is 13.1 Å². The second kappa shape index (κ2) is 7.75. The molecule has 0 N–H and O–H groups in total. The van der Waals surface area contributed by atoms with E-state index in [1.165, 1.54) is 16.9 Å². The molecular formula is C23H27ClN6. The molecule has 1 saturated carbocycles. The van der Waals surface area contributed by atoms with Crippen molar-refractivity contribution in [3.8, 4) is 5.69 Å². The van der Waals surface area contributed by atoms with Crippen LogP contribution in [0.2, 0.25) is 5.02 Å². The molecule has 3 aromatic rings. The van der Waals surface area contributed by atoms with Crippen molar-refractivity contribution in [2.75, 3.05) is 7.05 Å². The van der Waals surface area contributed by atoms with Crippen molar-refractivity contribution in [1.29, 1.82) is 0 Å². The van der Waals surface area contributed by atoms with Crippen molar-refractivity contribution in [2.45, 2.75) is 64.5 Å². The summed E-state index contributed by atoms with van der Waals surface area (Å²) >= 11 is 6.30. The monoisotopic (exact) mass is 422 g/mol. The van der Waals surface area contributed by atoms with Crippen LogP contribution in [0.3, 0.4) is 0 Å². The zero-order valence-electron chi connectivity index (χ0n) is 17.8.